The van der Waals surface area contributed by atoms with Crippen molar-refractivity contribution < 1.29 is 9.59 Å². The fourth-order valence-electron chi connectivity index (χ4n) is 3.53. The number of anilines is 1. The van der Waals surface area contributed by atoms with Gasteiger partial charge in [-0.05, 0) is 36.6 Å². The molecule has 1 unspecified atom stereocenters. The van der Waals surface area contributed by atoms with Gasteiger partial charge in [0.2, 0.25) is 11.8 Å². The Balaban J connectivity index is 1.43. The minimum absolute atomic E-state index is 0.0230. The molecule has 0 saturated carbocycles. The summed E-state index contributed by atoms with van der Waals surface area (Å²) in [6.45, 7) is 3.10. The second-order valence-corrected chi connectivity index (χ2v) is 8.24. The zero-order valence-electron chi connectivity index (χ0n) is 15.9. The topological polar surface area (TPSA) is 62.3 Å². The van der Waals surface area contributed by atoms with Crippen LogP contribution in [-0.2, 0) is 22.6 Å². The summed E-state index contributed by atoms with van der Waals surface area (Å²) in [7, 11) is 0. The molecule has 1 fully saturated rings. The van der Waals surface area contributed by atoms with Crippen LogP contribution in [0, 0.1) is 5.92 Å². The first-order valence-electron chi connectivity index (χ1n) is 9.64. The van der Waals surface area contributed by atoms with E-state index in [1.165, 1.54) is 0 Å². The van der Waals surface area contributed by atoms with Crippen molar-refractivity contribution in [3.63, 3.8) is 0 Å². The number of nitrogens with one attached hydrogen (secondary N) is 1. The predicted molar refractivity (Wildman–Crippen MR) is 112 cm³/mol. The first kappa shape index (κ1) is 18.6. The number of piperidine rings is 1. The highest BCUT2D eigenvalue weighted by Gasteiger charge is 2.30. The van der Waals surface area contributed by atoms with Crippen molar-refractivity contribution in [2.24, 2.45) is 5.92 Å². The van der Waals surface area contributed by atoms with Gasteiger partial charge in [0.1, 0.15) is 0 Å². The van der Waals surface area contributed by atoms with Gasteiger partial charge in [-0.2, -0.15) is 0 Å². The summed E-state index contributed by atoms with van der Waals surface area (Å²) in [4.78, 5) is 31.5. The summed E-state index contributed by atoms with van der Waals surface area (Å²) in [6.07, 6.45) is 1.92. The molecule has 144 valence electrons. The number of aromatic nitrogens is 1. The van der Waals surface area contributed by atoms with Crippen LogP contribution >= 0.6 is 11.3 Å². The minimum Gasteiger partial charge on any atom is -0.338 e. The van der Waals surface area contributed by atoms with Crippen LogP contribution in [0.3, 0.4) is 0 Å². The summed E-state index contributed by atoms with van der Waals surface area (Å²) in [6, 6.07) is 15.7. The number of likely N-dealkylation sites (tertiary alicyclic amines) is 1. The summed E-state index contributed by atoms with van der Waals surface area (Å²) in [5.41, 5.74) is 2.84. The highest BCUT2D eigenvalue weighted by molar-refractivity contribution is 7.18. The second kappa shape index (κ2) is 8.10. The lowest BCUT2D eigenvalue weighted by molar-refractivity contribution is -0.137. The van der Waals surface area contributed by atoms with E-state index < -0.39 is 0 Å². The number of nitrogens with zero attached hydrogens (tertiary/aromatic N) is 2. The van der Waals surface area contributed by atoms with Crippen molar-refractivity contribution in [2.45, 2.75) is 32.7 Å². The quantitative estimate of drug-likeness (QED) is 0.705. The molecule has 0 aliphatic carbocycles. The van der Waals surface area contributed by atoms with E-state index >= 15 is 0 Å². The molecule has 2 heterocycles. The van der Waals surface area contributed by atoms with Crippen LogP contribution in [0.1, 0.15) is 30.3 Å². The van der Waals surface area contributed by atoms with Crippen LogP contribution in [0.2, 0.25) is 0 Å². The lowest BCUT2D eigenvalue weighted by Crippen LogP contribution is -2.43. The van der Waals surface area contributed by atoms with Gasteiger partial charge in [-0.3, -0.25) is 9.59 Å². The van der Waals surface area contributed by atoms with Crippen molar-refractivity contribution in [2.75, 3.05) is 11.9 Å². The van der Waals surface area contributed by atoms with Crippen molar-refractivity contribution in [3.8, 4) is 0 Å². The second-order valence-electron chi connectivity index (χ2n) is 7.13. The number of aryl methyl sites for hydroxylation is 1. The van der Waals surface area contributed by atoms with Crippen molar-refractivity contribution in [3.05, 3.63) is 59.1 Å². The van der Waals surface area contributed by atoms with E-state index in [0.29, 0.717) is 25.9 Å². The zero-order chi connectivity index (χ0) is 19.5. The van der Waals surface area contributed by atoms with E-state index in [0.717, 1.165) is 32.9 Å². The minimum atomic E-state index is -0.190. The number of carbonyl (C=O) groups excluding carboxylic acids is 2. The molecule has 1 saturated heterocycles. The van der Waals surface area contributed by atoms with Gasteiger partial charge in [0.05, 0.1) is 21.1 Å². The number of hydrogen-bond donors (Lipinski definition) is 1. The number of amides is 2. The fraction of sp³-hybridized carbons (Fsp3) is 0.318. The summed E-state index contributed by atoms with van der Waals surface area (Å²) in [5.74, 6) is -0.0963. The number of thiazole rings is 1. The van der Waals surface area contributed by atoms with E-state index in [1.807, 2.05) is 48.5 Å². The number of rotatable bonds is 5. The van der Waals surface area contributed by atoms with Gasteiger partial charge >= 0.3 is 0 Å². The van der Waals surface area contributed by atoms with E-state index in [1.54, 1.807) is 16.2 Å². The molecule has 1 aromatic heterocycles. The Morgan fingerprint density at radius 2 is 2.07 bits per heavy atom. The van der Waals surface area contributed by atoms with Gasteiger partial charge < -0.3 is 10.2 Å². The molecular formula is C22H23N3O2S. The third kappa shape index (κ3) is 4.07. The van der Waals surface area contributed by atoms with Crippen molar-refractivity contribution >= 4 is 39.1 Å². The Bertz CT molecular complexity index is 999. The molecule has 0 spiro atoms. The maximum atomic E-state index is 12.8. The lowest BCUT2D eigenvalue weighted by atomic mass is 9.96. The highest BCUT2D eigenvalue weighted by atomic mass is 32.1. The number of carbonyl (C=O) groups is 2. The first-order valence-corrected chi connectivity index (χ1v) is 10.5. The van der Waals surface area contributed by atoms with Gasteiger partial charge in [0.15, 0.2) is 0 Å². The molecule has 1 aliphatic rings. The smallest absolute Gasteiger partial charge is 0.229 e. The molecule has 4 rings (SSSR count). The molecule has 5 nitrogen and oxygen atoms in total. The molecule has 6 heteroatoms. The first-order chi connectivity index (χ1) is 13.6. The van der Waals surface area contributed by atoms with Crippen LogP contribution < -0.4 is 5.32 Å². The normalized spacial score (nSPS) is 17.1. The molecule has 28 heavy (non-hydrogen) atoms. The molecule has 0 radical (unpaired) electrons. The zero-order valence-corrected chi connectivity index (χ0v) is 16.7. The van der Waals surface area contributed by atoms with Crippen LogP contribution in [0.15, 0.2) is 48.5 Å². The average Bonchev–Trinajstić information content (AvgIpc) is 3.13. The SMILES string of the molecule is CCc1nc2ccc(NC(=O)C3CCC(=O)N(Cc4ccccc4)C3)cc2s1. The van der Waals surface area contributed by atoms with Crippen molar-refractivity contribution in [1.82, 2.24) is 9.88 Å². The summed E-state index contributed by atoms with van der Waals surface area (Å²) in [5, 5.41) is 4.13. The Labute approximate surface area is 168 Å². The largest absolute Gasteiger partial charge is 0.338 e. The number of fused-ring (bicyclic) bond motifs is 1. The third-order valence-electron chi connectivity index (χ3n) is 5.09. The molecule has 0 bridgehead atoms. The van der Waals surface area contributed by atoms with Gasteiger partial charge in [0, 0.05) is 25.2 Å². The average molecular weight is 394 g/mol. The van der Waals surface area contributed by atoms with E-state index in [2.05, 4.69) is 17.2 Å². The lowest BCUT2D eigenvalue weighted by Gasteiger charge is -2.32. The van der Waals surface area contributed by atoms with E-state index in [9.17, 15) is 9.59 Å². The van der Waals surface area contributed by atoms with Crippen LogP contribution in [0.25, 0.3) is 10.2 Å². The molecule has 3 aromatic rings. The van der Waals surface area contributed by atoms with E-state index in [4.69, 9.17) is 0 Å². The fourth-order valence-corrected chi connectivity index (χ4v) is 4.48. The van der Waals surface area contributed by atoms with Gasteiger partial charge in [-0.25, -0.2) is 4.98 Å². The van der Waals surface area contributed by atoms with Gasteiger partial charge in [-0.1, -0.05) is 37.3 Å². The van der Waals surface area contributed by atoms with Gasteiger partial charge in [0.25, 0.3) is 0 Å². The number of hydrogen-bond acceptors (Lipinski definition) is 4. The molecule has 1 atom stereocenters. The molecule has 2 amide bonds. The summed E-state index contributed by atoms with van der Waals surface area (Å²) >= 11 is 1.66. The van der Waals surface area contributed by atoms with Crippen molar-refractivity contribution in [1.29, 1.82) is 0 Å². The molecule has 1 N–H and O–H groups in total. The third-order valence-corrected chi connectivity index (χ3v) is 6.25. The van der Waals surface area contributed by atoms with Crippen LogP contribution in [-0.4, -0.2) is 28.2 Å². The Morgan fingerprint density at radius 3 is 2.86 bits per heavy atom. The summed E-state index contributed by atoms with van der Waals surface area (Å²) < 4.78 is 1.08. The van der Waals surface area contributed by atoms with E-state index in [-0.39, 0.29) is 17.7 Å². The molecule has 2 aromatic carbocycles. The number of benzene rings is 2. The monoisotopic (exact) mass is 393 g/mol. The Hall–Kier alpha value is -2.73. The van der Waals surface area contributed by atoms with Crippen LogP contribution in [0.4, 0.5) is 5.69 Å². The standard InChI is InChI=1S/C22H23N3O2S/c1-2-20-24-18-10-9-17(12-19(18)28-20)23-22(27)16-8-11-21(26)25(14-16)13-15-6-4-3-5-7-15/h3-7,9-10,12,16H,2,8,11,13-14H2,1H3,(H,23,27). The van der Waals surface area contributed by atoms with Crippen LogP contribution in [0.5, 0.6) is 0 Å². The highest BCUT2D eigenvalue weighted by Crippen LogP contribution is 2.27. The molecule has 1 aliphatic heterocycles. The maximum absolute atomic E-state index is 12.8. The Kier molecular flexibility index (Phi) is 5.39. The maximum Gasteiger partial charge on any atom is 0.229 e. The van der Waals surface area contributed by atoms with Gasteiger partial charge in [-0.15, -0.1) is 11.3 Å². The Morgan fingerprint density at radius 1 is 1.25 bits per heavy atom. The predicted octanol–water partition coefficient (Wildman–Crippen LogP) is 4.24. The molecular weight excluding hydrogens is 370 g/mol.